The highest BCUT2D eigenvalue weighted by Gasteiger charge is 2.37. The molecule has 5 heterocycles. The molecule has 198 valence electrons. The van der Waals surface area contributed by atoms with Crippen LogP contribution in [0.1, 0.15) is 5.56 Å². The molecule has 0 fully saturated rings. The van der Waals surface area contributed by atoms with E-state index in [0.29, 0.717) is 5.84 Å². The number of nitrogens with zero attached hydrogens (tertiary/aromatic N) is 7. The largest absolute Gasteiger partial charge is 0.249 e. The predicted molar refractivity (Wildman–Crippen MR) is 172 cm³/mol. The molecule has 4 aromatic heterocycles. The number of hydrogen-bond donors (Lipinski definition) is 0. The zero-order valence-corrected chi connectivity index (χ0v) is 25.8. The normalized spacial score (nSPS) is 15.3. The fourth-order valence-corrected chi connectivity index (χ4v) is 24.6. The molecule has 1 aliphatic heterocycles. The van der Waals surface area contributed by atoms with Crippen LogP contribution in [0.4, 0.5) is 0 Å². The first-order valence-electron chi connectivity index (χ1n) is 12.0. The van der Waals surface area contributed by atoms with Gasteiger partial charge in [0.25, 0.3) is 0 Å². The Kier molecular flexibility index (Phi) is 8.87. The van der Waals surface area contributed by atoms with Gasteiger partial charge < -0.3 is 0 Å². The van der Waals surface area contributed by atoms with E-state index in [9.17, 15) is 0 Å². The molecule has 6 rings (SSSR count). The first kappa shape index (κ1) is 27.5. The number of rotatable bonds is 9. The molecule has 0 amide bonds. The van der Waals surface area contributed by atoms with E-state index in [1.165, 1.54) is 0 Å². The Morgan fingerprint density at radius 3 is 1.23 bits per heavy atom. The van der Waals surface area contributed by atoms with Crippen molar-refractivity contribution in [3.63, 3.8) is 0 Å². The van der Waals surface area contributed by atoms with E-state index in [-0.39, 0.29) is 0 Å². The zero-order valence-electron chi connectivity index (χ0n) is 20.8. The molecule has 1 aliphatic rings. The maximum Gasteiger partial charge on any atom is 0.202 e. The van der Waals surface area contributed by atoms with Crippen molar-refractivity contribution in [1.82, 2.24) is 19.9 Å². The van der Waals surface area contributed by atoms with Crippen molar-refractivity contribution < 1.29 is 0 Å². The molecule has 0 saturated heterocycles. The fraction of sp³-hybridized carbons (Fsp3) is 0. The first-order chi connectivity index (χ1) is 19.7. The van der Waals surface area contributed by atoms with E-state index < -0.39 is 11.2 Å². The average molecular weight is 634 g/mol. The number of aromatic nitrogens is 4. The molecule has 0 saturated carbocycles. The van der Waals surface area contributed by atoms with Crippen molar-refractivity contribution >= 4 is 62.6 Å². The summed E-state index contributed by atoms with van der Waals surface area (Å²) in [4.78, 5) is 18.6. The summed E-state index contributed by atoms with van der Waals surface area (Å²) in [6, 6.07) is 33.7. The van der Waals surface area contributed by atoms with Gasteiger partial charge in [-0.2, -0.15) is 0 Å². The predicted octanol–water partition coefficient (Wildman–Crippen LogP) is 10.1. The minimum Gasteiger partial charge on any atom is -0.249 e. The van der Waals surface area contributed by atoms with Gasteiger partial charge in [0.2, 0.25) is 11.2 Å². The van der Waals surface area contributed by atoms with E-state index in [1.54, 1.807) is 70.3 Å². The molecule has 0 spiro atoms. The summed E-state index contributed by atoms with van der Waals surface area (Å²) in [5, 5.41) is 3.41. The summed E-state index contributed by atoms with van der Waals surface area (Å²) in [5.41, 5.74) is -4.40. The second-order valence-electron chi connectivity index (χ2n) is 8.00. The lowest BCUT2D eigenvalue weighted by molar-refractivity contribution is 1.14. The van der Waals surface area contributed by atoms with Crippen LogP contribution < -0.4 is 0 Å². The lowest BCUT2D eigenvalue weighted by Gasteiger charge is -2.28. The third kappa shape index (κ3) is 6.97. The molecule has 1 aromatic carbocycles. The van der Waals surface area contributed by atoms with Crippen LogP contribution in [-0.4, -0.2) is 25.8 Å². The zero-order chi connectivity index (χ0) is 27.1. The standard InChI is InChI=1S/C27H21N7P2S4/c1-2-12-22(13-3-1)27-32-35(37-23-14-4-8-18-28-23,38-24-15-5-9-19-29-24)34-36(33-27,39-25-16-6-10-20-30-25)40-26-17-7-11-21-31-26/h1-21H. The number of hydrogen-bond acceptors (Lipinski definition) is 11. The Morgan fingerprint density at radius 1 is 0.425 bits per heavy atom. The lowest BCUT2D eigenvalue weighted by atomic mass is 10.2. The van der Waals surface area contributed by atoms with Crippen molar-refractivity contribution in [1.29, 1.82) is 0 Å². The van der Waals surface area contributed by atoms with Crippen LogP contribution in [0.25, 0.3) is 0 Å². The maximum absolute atomic E-state index is 5.66. The molecular formula is C27H21N7P2S4. The molecule has 0 radical (unpaired) electrons. The second kappa shape index (κ2) is 12.9. The highest BCUT2D eigenvalue weighted by Crippen LogP contribution is 2.89. The summed E-state index contributed by atoms with van der Waals surface area (Å²) in [7, 11) is 0. The molecule has 0 unspecified atom stereocenters. The molecule has 40 heavy (non-hydrogen) atoms. The third-order valence-corrected chi connectivity index (χ3v) is 21.9. The van der Waals surface area contributed by atoms with Crippen molar-refractivity contribution in [3.8, 4) is 0 Å². The van der Waals surface area contributed by atoms with Crippen molar-refractivity contribution in [2.45, 2.75) is 20.1 Å². The molecule has 7 nitrogen and oxygen atoms in total. The SMILES string of the molecule is c1ccc(C2=NP(Sc3ccccn3)(Sc3ccccn3)=NP(Sc3ccccn3)(Sc3ccccn3)=N2)cc1. The summed E-state index contributed by atoms with van der Waals surface area (Å²) in [6.07, 6.45) is 7.20. The molecule has 13 heteroatoms. The summed E-state index contributed by atoms with van der Waals surface area (Å²) in [6.45, 7) is 0. The van der Waals surface area contributed by atoms with Gasteiger partial charge in [0.1, 0.15) is 20.1 Å². The van der Waals surface area contributed by atoms with Crippen molar-refractivity contribution in [2.24, 2.45) is 14.0 Å². The Bertz CT molecular complexity index is 1530. The molecule has 5 aromatic rings. The number of benzene rings is 1. The topological polar surface area (TPSA) is 88.6 Å². The van der Waals surface area contributed by atoms with Crippen LogP contribution in [0.3, 0.4) is 0 Å². The Morgan fingerprint density at radius 2 is 0.825 bits per heavy atom. The summed E-state index contributed by atoms with van der Waals surface area (Å²) < 4.78 is 16.4. The van der Waals surface area contributed by atoms with Gasteiger partial charge in [-0.05, 0) is 94.1 Å². The third-order valence-electron chi connectivity index (χ3n) is 5.10. The minimum absolute atomic E-state index is 0.677. The van der Waals surface area contributed by atoms with Crippen LogP contribution in [0.2, 0.25) is 0 Å². The molecule has 0 aliphatic carbocycles. The van der Waals surface area contributed by atoms with Gasteiger partial charge in [-0.3, -0.25) is 0 Å². The monoisotopic (exact) mass is 633 g/mol. The smallest absolute Gasteiger partial charge is 0.202 e. The van der Waals surface area contributed by atoms with E-state index in [2.05, 4.69) is 19.9 Å². The second-order valence-corrected chi connectivity index (χ2v) is 23.2. The van der Waals surface area contributed by atoms with Gasteiger partial charge in [-0.15, -0.1) is 0 Å². The van der Waals surface area contributed by atoms with Gasteiger partial charge >= 0.3 is 0 Å². The Hall–Kier alpha value is -2.65. The maximum atomic E-state index is 5.66. The van der Waals surface area contributed by atoms with Crippen LogP contribution in [-0.2, 0) is 0 Å². The highest BCUT2D eigenvalue weighted by atomic mass is 33.1. The van der Waals surface area contributed by atoms with Gasteiger partial charge in [0, 0.05) is 30.4 Å². The Labute approximate surface area is 248 Å². The average Bonchev–Trinajstić information content (AvgIpc) is 2.99. The van der Waals surface area contributed by atoms with E-state index in [1.807, 2.05) is 103 Å². The van der Waals surface area contributed by atoms with E-state index in [0.717, 1.165) is 25.7 Å². The fourth-order valence-electron chi connectivity index (χ4n) is 3.43. The lowest BCUT2D eigenvalue weighted by Crippen LogP contribution is -1.99. The van der Waals surface area contributed by atoms with Crippen LogP contribution in [0.15, 0.2) is 162 Å². The molecule has 0 bridgehead atoms. The van der Waals surface area contributed by atoms with Gasteiger partial charge in [0.15, 0.2) is 5.84 Å². The minimum atomic E-state index is -2.67. The van der Waals surface area contributed by atoms with Gasteiger partial charge in [-0.25, -0.2) is 34.0 Å². The van der Waals surface area contributed by atoms with Crippen LogP contribution >= 0.6 is 56.7 Å². The van der Waals surface area contributed by atoms with Crippen molar-refractivity contribution in [3.05, 3.63) is 133 Å². The Balaban J connectivity index is 1.61. The van der Waals surface area contributed by atoms with Crippen LogP contribution in [0, 0.1) is 0 Å². The van der Waals surface area contributed by atoms with E-state index >= 15 is 0 Å². The van der Waals surface area contributed by atoms with Crippen LogP contribution in [0.5, 0.6) is 0 Å². The highest BCUT2D eigenvalue weighted by molar-refractivity contribution is 8.95. The van der Waals surface area contributed by atoms with Crippen molar-refractivity contribution in [2.75, 3.05) is 0 Å². The molecule has 0 N–H and O–H groups in total. The molecule has 0 atom stereocenters. The molecular weight excluding hydrogens is 613 g/mol. The van der Waals surface area contributed by atoms with E-state index in [4.69, 9.17) is 14.0 Å². The summed E-state index contributed by atoms with van der Waals surface area (Å²) >= 11 is 6.39. The van der Waals surface area contributed by atoms with Gasteiger partial charge in [0.05, 0.1) is 0 Å². The van der Waals surface area contributed by atoms with Gasteiger partial charge in [-0.1, -0.05) is 54.6 Å². The number of pyridine rings is 4. The first-order valence-corrected chi connectivity index (χ1v) is 21.1. The summed E-state index contributed by atoms with van der Waals surface area (Å²) in [5.74, 6) is 0.677. The quantitative estimate of drug-likeness (QED) is 0.148. The number of amidine groups is 1.